The molecule has 0 saturated heterocycles. The monoisotopic (exact) mass is 468 g/mol. The van der Waals surface area contributed by atoms with Crippen molar-refractivity contribution in [2.75, 3.05) is 5.32 Å². The number of aromatic nitrogens is 2. The fourth-order valence-electron chi connectivity index (χ4n) is 4.11. The number of carbonyl (C=O) groups is 1. The standard InChI is InChI=1S/C28H25FN4O2/c1-19-8-14-23(15-9-19)30-26-25(20-10-12-22(29)13-11-20)31-24-18-32(16-17-33(24)26)27(34)28(2,35)21-6-4-3-5-7-21/h3-17,30,35H,18H2,1-2H3. The Morgan fingerprint density at radius 1 is 1.00 bits per heavy atom. The highest BCUT2D eigenvalue weighted by molar-refractivity contribution is 5.87. The summed E-state index contributed by atoms with van der Waals surface area (Å²) in [6.07, 6.45) is 3.39. The van der Waals surface area contributed by atoms with Gasteiger partial charge in [-0.15, -0.1) is 0 Å². The van der Waals surface area contributed by atoms with Gasteiger partial charge >= 0.3 is 0 Å². The highest BCUT2D eigenvalue weighted by Crippen LogP contribution is 2.34. The maximum Gasteiger partial charge on any atom is 0.263 e. The molecule has 0 radical (unpaired) electrons. The molecule has 1 aromatic heterocycles. The summed E-state index contributed by atoms with van der Waals surface area (Å²) in [5.74, 6) is 0.531. The van der Waals surface area contributed by atoms with E-state index in [1.807, 2.05) is 41.8 Å². The Labute approximate surface area is 203 Å². The largest absolute Gasteiger partial charge is 0.376 e. The average molecular weight is 469 g/mol. The molecule has 1 aliphatic heterocycles. The van der Waals surface area contributed by atoms with Crippen LogP contribution in [0.1, 0.15) is 23.9 Å². The van der Waals surface area contributed by atoms with Gasteiger partial charge in [0.1, 0.15) is 23.2 Å². The summed E-state index contributed by atoms with van der Waals surface area (Å²) in [6.45, 7) is 3.68. The van der Waals surface area contributed by atoms with Crippen LogP contribution < -0.4 is 5.32 Å². The van der Waals surface area contributed by atoms with Gasteiger partial charge in [-0.05, 0) is 55.8 Å². The lowest BCUT2D eigenvalue weighted by molar-refractivity contribution is -0.148. The maximum absolute atomic E-state index is 13.6. The Kier molecular flexibility index (Phi) is 5.70. The Balaban J connectivity index is 1.51. The minimum atomic E-state index is -1.69. The van der Waals surface area contributed by atoms with Gasteiger partial charge < -0.3 is 15.3 Å². The number of hydrogen-bond donors (Lipinski definition) is 2. The van der Waals surface area contributed by atoms with Crippen LogP contribution in [0.3, 0.4) is 0 Å². The molecule has 5 rings (SSSR count). The zero-order valence-electron chi connectivity index (χ0n) is 19.4. The van der Waals surface area contributed by atoms with Crippen molar-refractivity contribution in [2.24, 2.45) is 0 Å². The molecule has 7 heteroatoms. The second-order valence-electron chi connectivity index (χ2n) is 8.76. The first-order valence-corrected chi connectivity index (χ1v) is 11.3. The van der Waals surface area contributed by atoms with Crippen molar-refractivity contribution < 1.29 is 14.3 Å². The molecule has 0 aliphatic carbocycles. The molecule has 0 bridgehead atoms. The summed E-state index contributed by atoms with van der Waals surface area (Å²) in [5.41, 5.74) is 2.22. The molecule has 6 nitrogen and oxygen atoms in total. The van der Waals surface area contributed by atoms with E-state index in [9.17, 15) is 14.3 Å². The summed E-state index contributed by atoms with van der Waals surface area (Å²) in [4.78, 5) is 19.5. The molecule has 1 amide bonds. The van der Waals surface area contributed by atoms with Gasteiger partial charge in [0.15, 0.2) is 5.60 Å². The summed E-state index contributed by atoms with van der Waals surface area (Å²) in [6, 6.07) is 23.0. The molecular formula is C28H25FN4O2. The van der Waals surface area contributed by atoms with Crippen LogP contribution >= 0.6 is 0 Å². The lowest BCUT2D eigenvalue weighted by Crippen LogP contribution is -2.43. The second kappa shape index (κ2) is 8.85. The first-order chi connectivity index (χ1) is 16.8. The van der Waals surface area contributed by atoms with E-state index in [1.54, 1.807) is 48.8 Å². The number of nitrogens with zero attached hydrogens (tertiary/aromatic N) is 3. The summed E-state index contributed by atoms with van der Waals surface area (Å²) < 4.78 is 15.5. The molecule has 0 fully saturated rings. The lowest BCUT2D eigenvalue weighted by Gasteiger charge is -2.30. The summed E-state index contributed by atoms with van der Waals surface area (Å²) in [7, 11) is 0. The first kappa shape index (κ1) is 22.6. The van der Waals surface area contributed by atoms with Crippen LogP contribution in [0.2, 0.25) is 0 Å². The smallest absolute Gasteiger partial charge is 0.263 e. The van der Waals surface area contributed by atoms with E-state index in [1.165, 1.54) is 24.0 Å². The van der Waals surface area contributed by atoms with Gasteiger partial charge in [0.25, 0.3) is 5.91 Å². The van der Waals surface area contributed by atoms with Gasteiger partial charge in [-0.1, -0.05) is 48.0 Å². The molecule has 176 valence electrons. The molecule has 0 saturated carbocycles. The predicted octanol–water partition coefficient (Wildman–Crippen LogP) is 5.42. The van der Waals surface area contributed by atoms with Gasteiger partial charge in [0.2, 0.25) is 0 Å². The van der Waals surface area contributed by atoms with Crippen LogP contribution in [-0.4, -0.2) is 25.5 Å². The number of aliphatic hydroxyl groups is 1. The number of nitrogens with one attached hydrogen (secondary N) is 1. The van der Waals surface area contributed by atoms with Gasteiger partial charge in [-0.3, -0.25) is 9.36 Å². The Hall–Kier alpha value is -4.23. The number of hydrogen-bond acceptors (Lipinski definition) is 4. The third-order valence-electron chi connectivity index (χ3n) is 6.14. The van der Waals surface area contributed by atoms with Crippen molar-refractivity contribution in [2.45, 2.75) is 26.0 Å². The van der Waals surface area contributed by atoms with E-state index < -0.39 is 11.5 Å². The van der Waals surface area contributed by atoms with Gasteiger partial charge in [-0.2, -0.15) is 0 Å². The van der Waals surface area contributed by atoms with Crippen LogP contribution in [0.4, 0.5) is 15.9 Å². The molecule has 2 N–H and O–H groups in total. The molecule has 1 unspecified atom stereocenters. The van der Waals surface area contributed by atoms with Gasteiger partial charge in [-0.25, -0.2) is 9.37 Å². The lowest BCUT2D eigenvalue weighted by atomic mass is 9.94. The zero-order chi connectivity index (χ0) is 24.6. The number of rotatable bonds is 5. The number of anilines is 2. The van der Waals surface area contributed by atoms with E-state index in [2.05, 4.69) is 5.32 Å². The molecule has 1 aliphatic rings. The molecule has 2 heterocycles. The van der Waals surface area contributed by atoms with Crippen molar-refractivity contribution in [3.63, 3.8) is 0 Å². The van der Waals surface area contributed by atoms with Crippen molar-refractivity contribution in [1.29, 1.82) is 0 Å². The molecule has 0 spiro atoms. The minimum Gasteiger partial charge on any atom is -0.376 e. The number of benzene rings is 3. The molecule has 1 atom stereocenters. The Bertz CT molecular complexity index is 1390. The number of fused-ring (bicyclic) bond motifs is 1. The third-order valence-corrected chi connectivity index (χ3v) is 6.14. The van der Waals surface area contributed by atoms with Crippen LogP contribution in [0.25, 0.3) is 17.5 Å². The van der Waals surface area contributed by atoms with Crippen LogP contribution in [0.15, 0.2) is 85.1 Å². The fourth-order valence-corrected chi connectivity index (χ4v) is 4.11. The second-order valence-corrected chi connectivity index (χ2v) is 8.76. The molecule has 3 aromatic carbocycles. The van der Waals surface area contributed by atoms with Gasteiger partial charge in [0.05, 0.1) is 6.54 Å². The molecule has 4 aromatic rings. The zero-order valence-corrected chi connectivity index (χ0v) is 19.4. The van der Waals surface area contributed by atoms with Crippen molar-refractivity contribution >= 4 is 23.6 Å². The van der Waals surface area contributed by atoms with Crippen LogP contribution in [0, 0.1) is 12.7 Å². The Morgan fingerprint density at radius 2 is 1.69 bits per heavy atom. The number of halogens is 1. The topological polar surface area (TPSA) is 70.4 Å². The van der Waals surface area contributed by atoms with Crippen molar-refractivity contribution in [3.05, 3.63) is 108 Å². The fraction of sp³-hybridized carbons (Fsp3) is 0.143. The normalized spacial score (nSPS) is 14.3. The number of amides is 1. The predicted molar refractivity (Wildman–Crippen MR) is 134 cm³/mol. The van der Waals surface area contributed by atoms with E-state index >= 15 is 0 Å². The first-order valence-electron chi connectivity index (χ1n) is 11.3. The van der Waals surface area contributed by atoms with Gasteiger partial charge in [0, 0.05) is 23.7 Å². The Morgan fingerprint density at radius 3 is 2.37 bits per heavy atom. The molecular weight excluding hydrogens is 443 g/mol. The summed E-state index contributed by atoms with van der Waals surface area (Å²) in [5, 5.41) is 14.5. The minimum absolute atomic E-state index is 0.169. The van der Waals surface area contributed by atoms with E-state index in [0.717, 1.165) is 16.8 Å². The van der Waals surface area contributed by atoms with Crippen molar-refractivity contribution in [1.82, 2.24) is 14.5 Å². The number of carbonyl (C=O) groups excluding carboxylic acids is 1. The number of imidazole rings is 1. The van der Waals surface area contributed by atoms with E-state index in [-0.39, 0.29) is 12.4 Å². The number of aryl methyl sites for hydroxylation is 1. The SMILES string of the molecule is Cc1ccc(Nc2c(-c3ccc(F)cc3)nc3n2C=CN(C(=O)C(C)(O)c2ccccc2)C3)cc1. The van der Waals surface area contributed by atoms with Crippen molar-refractivity contribution in [3.8, 4) is 11.3 Å². The average Bonchev–Trinajstić information content (AvgIpc) is 3.23. The van der Waals surface area contributed by atoms with Crippen LogP contribution in [-0.2, 0) is 16.9 Å². The summed E-state index contributed by atoms with van der Waals surface area (Å²) >= 11 is 0. The molecule has 35 heavy (non-hydrogen) atoms. The highest BCUT2D eigenvalue weighted by atomic mass is 19.1. The van der Waals surface area contributed by atoms with Crippen LogP contribution in [0.5, 0.6) is 0 Å². The quantitative estimate of drug-likeness (QED) is 0.410. The van der Waals surface area contributed by atoms with E-state index in [4.69, 9.17) is 4.98 Å². The maximum atomic E-state index is 13.6. The third kappa shape index (κ3) is 4.34. The van der Waals surface area contributed by atoms with E-state index in [0.29, 0.717) is 22.9 Å². The highest BCUT2D eigenvalue weighted by Gasteiger charge is 2.37.